The van der Waals surface area contributed by atoms with Crippen LogP contribution in [0.5, 0.6) is 0 Å². The Kier molecular flexibility index (Phi) is 4.05. The maximum absolute atomic E-state index is 12.5. The van der Waals surface area contributed by atoms with Crippen molar-refractivity contribution < 1.29 is 13.7 Å². The van der Waals surface area contributed by atoms with Crippen LogP contribution in [0.15, 0.2) is 6.07 Å². The van der Waals surface area contributed by atoms with E-state index >= 15 is 0 Å². The zero-order chi connectivity index (χ0) is 12.3. The number of nitrogens with zero attached hydrogens (tertiary/aromatic N) is 3. The standard InChI is InChI=1S/C8H4F2IN3O2/c9-7(10)6-4(1-2-12)3-5(11)8(13-6)14(15)16/h3,7H,1H2. The summed E-state index contributed by atoms with van der Waals surface area (Å²) in [5.74, 6) is -0.613. The van der Waals surface area contributed by atoms with Gasteiger partial charge in [-0.3, -0.25) is 0 Å². The highest BCUT2D eigenvalue weighted by Gasteiger charge is 2.26. The summed E-state index contributed by atoms with van der Waals surface area (Å²) < 4.78 is 25.2. The third kappa shape index (κ3) is 2.60. The Labute approximate surface area is 102 Å². The molecule has 0 aliphatic heterocycles. The zero-order valence-corrected chi connectivity index (χ0v) is 9.81. The van der Waals surface area contributed by atoms with Gasteiger partial charge in [-0.2, -0.15) is 5.26 Å². The number of halogens is 3. The maximum Gasteiger partial charge on any atom is 0.377 e. The third-order valence-corrected chi connectivity index (χ3v) is 2.51. The molecule has 1 heterocycles. The van der Waals surface area contributed by atoms with Crippen molar-refractivity contribution in [1.29, 1.82) is 5.26 Å². The number of nitro groups is 1. The SMILES string of the molecule is N#CCc1cc(I)c([N+](=O)[O-])nc1C(F)F. The number of pyridine rings is 1. The van der Waals surface area contributed by atoms with E-state index in [1.54, 1.807) is 28.7 Å². The van der Waals surface area contributed by atoms with Crippen LogP contribution < -0.4 is 0 Å². The summed E-state index contributed by atoms with van der Waals surface area (Å²) in [6.45, 7) is 0. The van der Waals surface area contributed by atoms with E-state index in [2.05, 4.69) is 4.98 Å². The first-order valence-electron chi connectivity index (χ1n) is 3.96. The number of nitriles is 1. The van der Waals surface area contributed by atoms with Crippen molar-refractivity contribution in [3.05, 3.63) is 31.0 Å². The normalized spacial score (nSPS) is 10.2. The van der Waals surface area contributed by atoms with Crippen LogP contribution in [0.25, 0.3) is 0 Å². The molecular formula is C8H4F2IN3O2. The molecule has 8 heteroatoms. The summed E-state index contributed by atoms with van der Waals surface area (Å²) in [5, 5.41) is 18.9. The molecule has 1 rings (SSSR count). The number of aromatic nitrogens is 1. The molecule has 0 fully saturated rings. The summed E-state index contributed by atoms with van der Waals surface area (Å²) in [6.07, 6.45) is -3.18. The fraction of sp³-hybridized carbons (Fsp3) is 0.250. The minimum Gasteiger partial charge on any atom is -0.358 e. The van der Waals surface area contributed by atoms with Gasteiger partial charge in [-0.15, -0.1) is 0 Å². The number of rotatable bonds is 3. The van der Waals surface area contributed by atoms with Gasteiger partial charge in [0.2, 0.25) is 5.69 Å². The van der Waals surface area contributed by atoms with Crippen LogP contribution in [0, 0.1) is 25.0 Å². The lowest BCUT2D eigenvalue weighted by Crippen LogP contribution is -2.04. The minimum atomic E-state index is -2.93. The van der Waals surface area contributed by atoms with Gasteiger partial charge in [-0.25, -0.2) is 8.78 Å². The zero-order valence-electron chi connectivity index (χ0n) is 7.65. The molecule has 0 aromatic carbocycles. The predicted octanol–water partition coefficient (Wildman–Crippen LogP) is 2.60. The second-order valence-corrected chi connectivity index (χ2v) is 3.89. The van der Waals surface area contributed by atoms with Crippen LogP contribution in [0.3, 0.4) is 0 Å². The van der Waals surface area contributed by atoms with Gasteiger partial charge >= 0.3 is 12.2 Å². The Morgan fingerprint density at radius 3 is 2.75 bits per heavy atom. The van der Waals surface area contributed by atoms with Crippen molar-refractivity contribution in [2.45, 2.75) is 12.8 Å². The number of hydrogen-bond donors (Lipinski definition) is 0. The quantitative estimate of drug-likeness (QED) is 0.482. The Hall–Kier alpha value is -1.37. The highest BCUT2D eigenvalue weighted by atomic mass is 127. The van der Waals surface area contributed by atoms with Gasteiger partial charge in [-0.05, 0) is 38.6 Å². The van der Waals surface area contributed by atoms with Crippen molar-refractivity contribution in [2.24, 2.45) is 0 Å². The number of hydrogen-bond acceptors (Lipinski definition) is 4. The average molecular weight is 339 g/mol. The Balaban J connectivity index is 3.38. The summed E-state index contributed by atoms with van der Waals surface area (Å²) >= 11 is 1.62. The van der Waals surface area contributed by atoms with Crippen molar-refractivity contribution in [1.82, 2.24) is 4.98 Å². The van der Waals surface area contributed by atoms with Crippen LogP contribution in [-0.4, -0.2) is 9.91 Å². The molecule has 5 nitrogen and oxygen atoms in total. The van der Waals surface area contributed by atoms with Gasteiger partial charge in [0, 0.05) is 5.56 Å². The van der Waals surface area contributed by atoms with E-state index in [4.69, 9.17) is 5.26 Å². The molecule has 0 atom stereocenters. The van der Waals surface area contributed by atoms with E-state index in [1.165, 1.54) is 6.07 Å². The molecule has 0 aliphatic carbocycles. The fourth-order valence-corrected chi connectivity index (χ4v) is 1.77. The highest BCUT2D eigenvalue weighted by molar-refractivity contribution is 14.1. The molecule has 0 unspecified atom stereocenters. The molecule has 0 saturated carbocycles. The molecule has 16 heavy (non-hydrogen) atoms. The van der Waals surface area contributed by atoms with Gasteiger partial charge < -0.3 is 10.1 Å². The molecule has 1 aromatic rings. The van der Waals surface area contributed by atoms with Crippen LogP contribution >= 0.6 is 22.6 Å². The molecule has 0 radical (unpaired) electrons. The molecule has 0 aliphatic rings. The largest absolute Gasteiger partial charge is 0.377 e. The van der Waals surface area contributed by atoms with E-state index in [0.717, 1.165) is 0 Å². The van der Waals surface area contributed by atoms with E-state index in [-0.39, 0.29) is 15.6 Å². The van der Waals surface area contributed by atoms with Gasteiger partial charge in [-0.1, -0.05) is 0 Å². The van der Waals surface area contributed by atoms with Crippen molar-refractivity contribution in [3.63, 3.8) is 0 Å². The first-order chi connectivity index (χ1) is 7.47. The first-order valence-corrected chi connectivity index (χ1v) is 5.04. The highest BCUT2D eigenvalue weighted by Crippen LogP contribution is 2.27. The Bertz CT molecular complexity index is 473. The van der Waals surface area contributed by atoms with Gasteiger partial charge in [0.1, 0.15) is 3.57 Å². The van der Waals surface area contributed by atoms with E-state index in [1.807, 2.05) is 0 Å². The van der Waals surface area contributed by atoms with Gasteiger partial charge in [0.15, 0.2) is 0 Å². The van der Waals surface area contributed by atoms with Crippen molar-refractivity contribution >= 4 is 28.4 Å². The lowest BCUT2D eigenvalue weighted by Gasteiger charge is -2.02. The minimum absolute atomic E-state index is 0.0208. The Morgan fingerprint density at radius 1 is 1.69 bits per heavy atom. The number of alkyl halides is 2. The third-order valence-electron chi connectivity index (χ3n) is 1.72. The second-order valence-electron chi connectivity index (χ2n) is 2.73. The first kappa shape index (κ1) is 12.7. The van der Waals surface area contributed by atoms with Crippen LogP contribution in [0.4, 0.5) is 14.6 Å². The van der Waals surface area contributed by atoms with Gasteiger partial charge in [0.05, 0.1) is 12.5 Å². The van der Waals surface area contributed by atoms with E-state index in [0.29, 0.717) is 0 Å². The average Bonchev–Trinajstić information content (AvgIpc) is 2.17. The predicted molar refractivity (Wildman–Crippen MR) is 57.9 cm³/mol. The van der Waals surface area contributed by atoms with Crippen molar-refractivity contribution in [3.8, 4) is 6.07 Å². The molecule has 84 valence electrons. The lowest BCUT2D eigenvalue weighted by molar-refractivity contribution is -0.390. The molecular weight excluding hydrogens is 335 g/mol. The summed E-state index contributed by atoms with van der Waals surface area (Å²) in [7, 11) is 0. The maximum atomic E-state index is 12.5. The monoisotopic (exact) mass is 339 g/mol. The van der Waals surface area contributed by atoms with Crippen molar-refractivity contribution in [2.75, 3.05) is 0 Å². The van der Waals surface area contributed by atoms with E-state index < -0.39 is 22.9 Å². The van der Waals surface area contributed by atoms with Crippen LogP contribution in [-0.2, 0) is 6.42 Å². The summed E-state index contributed by atoms with van der Waals surface area (Å²) in [4.78, 5) is 12.9. The van der Waals surface area contributed by atoms with Gasteiger partial charge in [0.25, 0.3) is 0 Å². The molecule has 0 bridgehead atoms. The summed E-state index contributed by atoms with van der Waals surface area (Å²) in [5.41, 5.74) is -0.679. The fourth-order valence-electron chi connectivity index (χ4n) is 1.07. The molecule has 0 amide bonds. The topological polar surface area (TPSA) is 79.8 Å². The van der Waals surface area contributed by atoms with E-state index in [9.17, 15) is 18.9 Å². The molecule has 0 spiro atoms. The van der Waals surface area contributed by atoms with Crippen LogP contribution in [0.2, 0.25) is 0 Å². The smallest absolute Gasteiger partial charge is 0.358 e. The molecule has 1 aromatic heterocycles. The molecule has 0 N–H and O–H groups in total. The molecule has 0 saturated heterocycles. The Morgan fingerprint density at radius 2 is 2.31 bits per heavy atom. The second kappa shape index (κ2) is 5.11. The summed E-state index contributed by atoms with van der Waals surface area (Å²) in [6, 6.07) is 2.90. The van der Waals surface area contributed by atoms with Crippen LogP contribution in [0.1, 0.15) is 17.7 Å². The lowest BCUT2D eigenvalue weighted by atomic mass is 10.1.